The molecular formula is C15H22ClNO2. The lowest BCUT2D eigenvalue weighted by atomic mass is 10.1. The number of carbonyl (C=O) groups is 1. The minimum absolute atomic E-state index is 0.0763. The van der Waals surface area contributed by atoms with Crippen LogP contribution < -0.4 is 0 Å². The van der Waals surface area contributed by atoms with Gasteiger partial charge < -0.3 is 4.74 Å². The smallest absolute Gasteiger partial charge is 0.320 e. The van der Waals surface area contributed by atoms with Crippen molar-refractivity contribution < 1.29 is 9.53 Å². The predicted molar refractivity (Wildman–Crippen MR) is 78.4 cm³/mol. The van der Waals surface area contributed by atoms with Crippen LogP contribution in [0.4, 0.5) is 0 Å². The van der Waals surface area contributed by atoms with Crippen LogP contribution >= 0.6 is 11.6 Å². The molecule has 0 N–H and O–H groups in total. The Labute approximate surface area is 120 Å². The van der Waals surface area contributed by atoms with Crippen LogP contribution in [0.1, 0.15) is 38.3 Å². The van der Waals surface area contributed by atoms with Gasteiger partial charge in [0, 0.05) is 11.1 Å². The monoisotopic (exact) mass is 283 g/mol. The Hall–Kier alpha value is -1.06. The fourth-order valence-corrected chi connectivity index (χ4v) is 2.06. The van der Waals surface area contributed by atoms with Gasteiger partial charge in [-0.15, -0.1) is 0 Å². The van der Waals surface area contributed by atoms with E-state index >= 15 is 0 Å². The van der Waals surface area contributed by atoms with Crippen LogP contribution in [0.25, 0.3) is 0 Å². The number of ether oxygens (including phenoxy) is 1. The molecule has 1 rings (SSSR count). The molecule has 0 aliphatic heterocycles. The molecule has 0 bridgehead atoms. The Balaban J connectivity index is 2.51. The molecule has 0 aliphatic rings. The average Bonchev–Trinajstić information content (AvgIpc) is 2.38. The second-order valence-electron chi connectivity index (χ2n) is 4.69. The van der Waals surface area contributed by atoms with E-state index in [2.05, 4.69) is 6.92 Å². The molecular weight excluding hydrogens is 262 g/mol. The van der Waals surface area contributed by atoms with E-state index in [4.69, 9.17) is 16.3 Å². The Morgan fingerprint density at radius 1 is 1.42 bits per heavy atom. The molecule has 0 amide bonds. The first-order chi connectivity index (χ1) is 9.06. The maximum absolute atomic E-state index is 11.7. The van der Waals surface area contributed by atoms with E-state index in [1.165, 1.54) is 0 Å². The quantitative estimate of drug-likeness (QED) is 0.565. The number of likely N-dealkylation sites (N-methyl/N-ethyl adjacent to an activating group) is 1. The van der Waals surface area contributed by atoms with E-state index in [0.717, 1.165) is 23.4 Å². The van der Waals surface area contributed by atoms with Crippen LogP contribution in [0.5, 0.6) is 0 Å². The van der Waals surface area contributed by atoms with Gasteiger partial charge in [-0.3, -0.25) is 9.69 Å². The molecule has 0 heterocycles. The highest BCUT2D eigenvalue weighted by Crippen LogP contribution is 2.25. The number of benzene rings is 1. The number of esters is 1. The molecule has 1 aromatic carbocycles. The summed E-state index contributed by atoms with van der Waals surface area (Å²) in [6.07, 6.45) is 1.94. The third-order valence-corrected chi connectivity index (χ3v) is 3.50. The SMILES string of the molecule is CCCCOC(=O)CN(C)C(C)c1ccccc1Cl. The van der Waals surface area contributed by atoms with Crippen molar-refractivity contribution in [2.24, 2.45) is 0 Å². The van der Waals surface area contributed by atoms with Gasteiger partial charge in [0.15, 0.2) is 0 Å². The fraction of sp³-hybridized carbons (Fsp3) is 0.533. The molecule has 1 aromatic rings. The second-order valence-corrected chi connectivity index (χ2v) is 5.09. The van der Waals surface area contributed by atoms with E-state index < -0.39 is 0 Å². The van der Waals surface area contributed by atoms with Crippen molar-refractivity contribution in [1.82, 2.24) is 4.90 Å². The Morgan fingerprint density at radius 2 is 2.11 bits per heavy atom. The first kappa shape index (κ1) is 16.0. The van der Waals surface area contributed by atoms with Crippen LogP contribution in [0.2, 0.25) is 5.02 Å². The van der Waals surface area contributed by atoms with E-state index in [1.807, 2.05) is 43.1 Å². The van der Waals surface area contributed by atoms with E-state index in [1.54, 1.807) is 0 Å². The lowest BCUT2D eigenvalue weighted by Crippen LogP contribution is -2.30. The molecule has 0 aliphatic carbocycles. The summed E-state index contributed by atoms with van der Waals surface area (Å²) in [5.41, 5.74) is 1.02. The van der Waals surface area contributed by atoms with Crippen molar-refractivity contribution in [2.45, 2.75) is 32.7 Å². The summed E-state index contributed by atoms with van der Waals surface area (Å²) in [4.78, 5) is 13.6. The molecule has 0 spiro atoms. The molecule has 0 saturated carbocycles. The highest BCUT2D eigenvalue weighted by atomic mass is 35.5. The number of carbonyl (C=O) groups excluding carboxylic acids is 1. The van der Waals surface area contributed by atoms with E-state index in [-0.39, 0.29) is 18.6 Å². The summed E-state index contributed by atoms with van der Waals surface area (Å²) in [6.45, 7) is 4.87. The summed E-state index contributed by atoms with van der Waals surface area (Å²) >= 11 is 6.16. The van der Waals surface area contributed by atoms with Gasteiger partial charge in [0.2, 0.25) is 0 Å². The molecule has 1 unspecified atom stereocenters. The van der Waals surface area contributed by atoms with Gasteiger partial charge >= 0.3 is 5.97 Å². The summed E-state index contributed by atoms with van der Waals surface area (Å²) in [6, 6.07) is 7.77. The molecule has 0 radical (unpaired) electrons. The van der Waals surface area contributed by atoms with Gasteiger partial charge in [-0.1, -0.05) is 43.1 Å². The van der Waals surface area contributed by atoms with Crippen molar-refractivity contribution in [3.05, 3.63) is 34.9 Å². The van der Waals surface area contributed by atoms with Crippen molar-refractivity contribution >= 4 is 17.6 Å². The van der Waals surface area contributed by atoms with Gasteiger partial charge in [-0.05, 0) is 32.0 Å². The topological polar surface area (TPSA) is 29.5 Å². The van der Waals surface area contributed by atoms with Crippen molar-refractivity contribution in [3.63, 3.8) is 0 Å². The minimum atomic E-state index is -0.185. The number of hydrogen-bond donors (Lipinski definition) is 0. The van der Waals surface area contributed by atoms with Gasteiger partial charge in [0.25, 0.3) is 0 Å². The number of unbranched alkanes of at least 4 members (excludes halogenated alkanes) is 1. The fourth-order valence-electron chi connectivity index (χ4n) is 1.77. The third-order valence-electron chi connectivity index (χ3n) is 3.16. The average molecular weight is 284 g/mol. The molecule has 0 aromatic heterocycles. The third kappa shape index (κ3) is 5.21. The summed E-state index contributed by atoms with van der Waals surface area (Å²) in [5.74, 6) is -0.185. The molecule has 106 valence electrons. The molecule has 19 heavy (non-hydrogen) atoms. The number of nitrogens with zero attached hydrogens (tertiary/aromatic N) is 1. The van der Waals surface area contributed by atoms with Crippen LogP contribution in [-0.2, 0) is 9.53 Å². The number of halogens is 1. The van der Waals surface area contributed by atoms with Gasteiger partial charge in [0.1, 0.15) is 0 Å². The lowest BCUT2D eigenvalue weighted by Gasteiger charge is -2.24. The molecule has 3 nitrogen and oxygen atoms in total. The van der Waals surface area contributed by atoms with Crippen LogP contribution in [0.15, 0.2) is 24.3 Å². The Bertz CT molecular complexity index is 409. The Morgan fingerprint density at radius 3 is 2.74 bits per heavy atom. The zero-order chi connectivity index (χ0) is 14.3. The molecule has 0 fully saturated rings. The van der Waals surface area contributed by atoms with Crippen molar-refractivity contribution in [1.29, 1.82) is 0 Å². The number of rotatable bonds is 7. The summed E-state index contributed by atoms with van der Waals surface area (Å²) in [5, 5.41) is 0.723. The first-order valence-corrected chi connectivity index (χ1v) is 7.04. The maximum Gasteiger partial charge on any atom is 0.320 e. The summed E-state index contributed by atoms with van der Waals surface area (Å²) in [7, 11) is 1.90. The highest BCUT2D eigenvalue weighted by molar-refractivity contribution is 6.31. The van der Waals surface area contributed by atoms with Gasteiger partial charge in [-0.2, -0.15) is 0 Å². The standard InChI is InChI=1S/C15H22ClNO2/c1-4-5-10-19-15(18)11-17(3)12(2)13-8-6-7-9-14(13)16/h6-9,12H,4-5,10-11H2,1-3H3. The molecule has 4 heteroatoms. The first-order valence-electron chi connectivity index (χ1n) is 6.66. The molecule has 1 atom stereocenters. The van der Waals surface area contributed by atoms with E-state index in [9.17, 15) is 4.79 Å². The summed E-state index contributed by atoms with van der Waals surface area (Å²) < 4.78 is 5.16. The van der Waals surface area contributed by atoms with Crippen molar-refractivity contribution in [2.75, 3.05) is 20.2 Å². The van der Waals surface area contributed by atoms with Crippen LogP contribution in [0, 0.1) is 0 Å². The molecule has 0 saturated heterocycles. The second kappa shape index (κ2) is 8.18. The zero-order valence-electron chi connectivity index (χ0n) is 11.9. The van der Waals surface area contributed by atoms with E-state index in [0.29, 0.717) is 6.61 Å². The largest absolute Gasteiger partial charge is 0.465 e. The van der Waals surface area contributed by atoms with Crippen LogP contribution in [0.3, 0.4) is 0 Å². The van der Waals surface area contributed by atoms with Gasteiger partial charge in [0.05, 0.1) is 13.2 Å². The zero-order valence-corrected chi connectivity index (χ0v) is 12.6. The number of hydrogen-bond acceptors (Lipinski definition) is 3. The van der Waals surface area contributed by atoms with Crippen molar-refractivity contribution in [3.8, 4) is 0 Å². The lowest BCUT2D eigenvalue weighted by molar-refractivity contribution is -0.145. The van der Waals surface area contributed by atoms with Crippen LogP contribution in [-0.4, -0.2) is 31.1 Å². The predicted octanol–water partition coefficient (Wildman–Crippen LogP) is 3.68. The van der Waals surface area contributed by atoms with Gasteiger partial charge in [-0.25, -0.2) is 0 Å². The minimum Gasteiger partial charge on any atom is -0.465 e. The maximum atomic E-state index is 11.7. The Kier molecular flexibility index (Phi) is 6.89. The normalized spacial score (nSPS) is 12.5. The highest BCUT2D eigenvalue weighted by Gasteiger charge is 2.17.